The molecule has 7 heteroatoms. The van der Waals surface area contributed by atoms with E-state index in [0.717, 1.165) is 12.8 Å². The number of aromatic carboxylic acids is 1. The maximum absolute atomic E-state index is 12.3. The minimum atomic E-state index is -1.02. The van der Waals surface area contributed by atoms with Gasteiger partial charge in [-0.3, -0.25) is 10.1 Å². The zero-order valence-corrected chi connectivity index (χ0v) is 16.1. The first-order valence-electron chi connectivity index (χ1n) is 8.60. The molecule has 0 spiro atoms. The van der Waals surface area contributed by atoms with Gasteiger partial charge >= 0.3 is 5.97 Å². The van der Waals surface area contributed by atoms with E-state index in [1.54, 1.807) is 43.3 Å². The summed E-state index contributed by atoms with van der Waals surface area (Å²) in [7, 11) is 0. The third kappa shape index (κ3) is 5.79. The van der Waals surface area contributed by atoms with Crippen LogP contribution < -0.4 is 15.4 Å². The van der Waals surface area contributed by atoms with Crippen LogP contribution >= 0.6 is 12.2 Å². The number of carbonyl (C=O) groups excluding carboxylic acids is 1. The summed E-state index contributed by atoms with van der Waals surface area (Å²) in [6.07, 6.45) is 2.03. The van der Waals surface area contributed by atoms with Crippen LogP contribution in [-0.4, -0.2) is 28.7 Å². The van der Waals surface area contributed by atoms with E-state index in [0.29, 0.717) is 29.2 Å². The molecule has 0 fully saturated rings. The number of ether oxygens (including phenoxy) is 1. The molecule has 0 heterocycles. The second-order valence-electron chi connectivity index (χ2n) is 5.92. The molecule has 6 nitrogen and oxygen atoms in total. The molecular weight excluding hydrogens is 364 g/mol. The molecule has 142 valence electrons. The Morgan fingerprint density at radius 3 is 2.48 bits per heavy atom. The average molecular weight is 386 g/mol. The molecule has 0 bridgehead atoms. The number of anilines is 1. The van der Waals surface area contributed by atoms with E-state index in [1.165, 1.54) is 6.07 Å². The lowest BCUT2D eigenvalue weighted by Gasteiger charge is -2.13. The maximum Gasteiger partial charge on any atom is 0.336 e. The molecule has 0 atom stereocenters. The third-order valence-electron chi connectivity index (χ3n) is 3.92. The van der Waals surface area contributed by atoms with Crippen molar-refractivity contribution in [3.63, 3.8) is 0 Å². The molecule has 27 heavy (non-hydrogen) atoms. The van der Waals surface area contributed by atoms with Crippen molar-refractivity contribution in [3.05, 3.63) is 59.2 Å². The lowest BCUT2D eigenvalue weighted by Crippen LogP contribution is -2.34. The fourth-order valence-corrected chi connectivity index (χ4v) is 2.57. The van der Waals surface area contributed by atoms with Crippen LogP contribution in [0.1, 0.15) is 46.0 Å². The normalized spacial score (nSPS) is 10.1. The number of hydrogen-bond donors (Lipinski definition) is 3. The number of carboxylic acid groups (broad SMARTS) is 1. The molecule has 0 aromatic heterocycles. The standard InChI is InChI=1S/C20H22N2O4S/c1-3-4-12-26-15-10-8-14(9-11-15)18(23)22-20(27)21-17-7-5-6-16(13(17)2)19(24)25/h5-11H,3-4,12H2,1-2H3,(H,24,25)(H2,21,22,23,27). The lowest BCUT2D eigenvalue weighted by molar-refractivity contribution is 0.0696. The zero-order chi connectivity index (χ0) is 19.8. The van der Waals surface area contributed by atoms with Crippen molar-refractivity contribution in [2.75, 3.05) is 11.9 Å². The third-order valence-corrected chi connectivity index (χ3v) is 4.13. The first kappa shape index (κ1) is 20.4. The number of rotatable bonds is 7. The number of hydrogen-bond acceptors (Lipinski definition) is 4. The van der Waals surface area contributed by atoms with E-state index >= 15 is 0 Å². The fraction of sp³-hybridized carbons (Fsp3) is 0.250. The Labute approximate surface area is 163 Å². The Kier molecular flexibility index (Phi) is 7.31. The van der Waals surface area contributed by atoms with Gasteiger partial charge in [0.25, 0.3) is 5.91 Å². The molecular formula is C20H22N2O4S. The summed E-state index contributed by atoms with van der Waals surface area (Å²) in [5.41, 5.74) is 1.68. The van der Waals surface area contributed by atoms with E-state index in [1.807, 2.05) is 0 Å². The summed E-state index contributed by atoms with van der Waals surface area (Å²) in [6.45, 7) is 4.41. The predicted octanol–water partition coefficient (Wildman–Crippen LogP) is 4.00. The first-order chi connectivity index (χ1) is 12.9. The number of carbonyl (C=O) groups is 2. The maximum atomic E-state index is 12.3. The summed E-state index contributed by atoms with van der Waals surface area (Å²) in [6, 6.07) is 11.6. The fourth-order valence-electron chi connectivity index (χ4n) is 2.37. The molecule has 0 unspecified atom stereocenters. The van der Waals surface area contributed by atoms with Gasteiger partial charge in [0, 0.05) is 11.3 Å². The summed E-state index contributed by atoms with van der Waals surface area (Å²) >= 11 is 5.16. The molecule has 2 rings (SSSR count). The zero-order valence-electron chi connectivity index (χ0n) is 15.2. The number of nitrogens with one attached hydrogen (secondary N) is 2. The quantitative estimate of drug-likeness (QED) is 0.492. The van der Waals surface area contributed by atoms with Crippen LogP contribution in [0.15, 0.2) is 42.5 Å². The van der Waals surface area contributed by atoms with Crippen molar-refractivity contribution in [3.8, 4) is 5.75 Å². The van der Waals surface area contributed by atoms with Gasteiger partial charge in [0.1, 0.15) is 5.75 Å². The highest BCUT2D eigenvalue weighted by Gasteiger charge is 2.12. The van der Waals surface area contributed by atoms with E-state index < -0.39 is 5.97 Å². The van der Waals surface area contributed by atoms with E-state index in [-0.39, 0.29) is 16.6 Å². The highest BCUT2D eigenvalue weighted by atomic mass is 32.1. The Hall–Kier alpha value is -2.93. The van der Waals surface area contributed by atoms with Crippen molar-refractivity contribution >= 4 is 34.9 Å². The van der Waals surface area contributed by atoms with Crippen molar-refractivity contribution in [1.29, 1.82) is 0 Å². The smallest absolute Gasteiger partial charge is 0.336 e. The highest BCUT2D eigenvalue weighted by molar-refractivity contribution is 7.80. The van der Waals surface area contributed by atoms with Gasteiger partial charge in [0.05, 0.1) is 12.2 Å². The molecule has 0 saturated carbocycles. The Bertz CT molecular complexity index is 834. The van der Waals surface area contributed by atoms with Crippen LogP contribution in [0.4, 0.5) is 5.69 Å². The molecule has 0 aliphatic heterocycles. The summed E-state index contributed by atoms with van der Waals surface area (Å²) in [5.74, 6) is -0.672. The number of benzene rings is 2. The van der Waals surface area contributed by atoms with Gasteiger partial charge in [-0.15, -0.1) is 0 Å². The molecule has 0 saturated heterocycles. The molecule has 2 aromatic carbocycles. The highest BCUT2D eigenvalue weighted by Crippen LogP contribution is 2.19. The molecule has 3 N–H and O–H groups in total. The van der Waals surface area contributed by atoms with Gasteiger partial charge in [-0.2, -0.15) is 0 Å². The van der Waals surface area contributed by atoms with Gasteiger partial charge < -0.3 is 15.2 Å². The largest absolute Gasteiger partial charge is 0.494 e. The Balaban J connectivity index is 1.97. The van der Waals surface area contributed by atoms with E-state index in [4.69, 9.17) is 22.1 Å². The number of amides is 1. The summed E-state index contributed by atoms with van der Waals surface area (Å²) in [5, 5.41) is 14.7. The van der Waals surface area contributed by atoms with Gasteiger partial charge in [0.2, 0.25) is 0 Å². The predicted molar refractivity (Wildman–Crippen MR) is 109 cm³/mol. The summed E-state index contributed by atoms with van der Waals surface area (Å²) in [4.78, 5) is 23.5. The first-order valence-corrected chi connectivity index (χ1v) is 9.01. The van der Waals surface area contributed by atoms with Crippen molar-refractivity contribution in [1.82, 2.24) is 5.32 Å². The van der Waals surface area contributed by atoms with E-state index in [2.05, 4.69) is 17.6 Å². The van der Waals surface area contributed by atoms with Crippen LogP contribution in [0, 0.1) is 6.92 Å². The summed E-state index contributed by atoms with van der Waals surface area (Å²) < 4.78 is 5.57. The second-order valence-corrected chi connectivity index (χ2v) is 6.33. The van der Waals surface area contributed by atoms with Gasteiger partial charge in [0.15, 0.2) is 5.11 Å². The van der Waals surface area contributed by atoms with Crippen LogP contribution in [0.3, 0.4) is 0 Å². The van der Waals surface area contributed by atoms with Crippen LogP contribution in [0.2, 0.25) is 0 Å². The average Bonchev–Trinajstić information content (AvgIpc) is 2.64. The van der Waals surface area contributed by atoms with Crippen LogP contribution in [0.5, 0.6) is 5.75 Å². The molecule has 2 aromatic rings. The molecule has 0 radical (unpaired) electrons. The van der Waals surface area contributed by atoms with Gasteiger partial charge in [-0.25, -0.2) is 4.79 Å². The Morgan fingerprint density at radius 1 is 1.15 bits per heavy atom. The monoisotopic (exact) mass is 386 g/mol. The molecule has 0 aliphatic carbocycles. The topological polar surface area (TPSA) is 87.7 Å². The van der Waals surface area contributed by atoms with Crippen molar-refractivity contribution in [2.24, 2.45) is 0 Å². The lowest BCUT2D eigenvalue weighted by atomic mass is 10.1. The van der Waals surface area contributed by atoms with Crippen LogP contribution in [-0.2, 0) is 0 Å². The van der Waals surface area contributed by atoms with Crippen molar-refractivity contribution < 1.29 is 19.4 Å². The SMILES string of the molecule is CCCCOc1ccc(C(=O)NC(=S)Nc2cccc(C(=O)O)c2C)cc1. The Morgan fingerprint density at radius 2 is 1.85 bits per heavy atom. The number of unbranched alkanes of at least 4 members (excludes halogenated alkanes) is 1. The van der Waals surface area contributed by atoms with E-state index in [9.17, 15) is 9.59 Å². The minimum absolute atomic E-state index is 0.0916. The second kappa shape index (κ2) is 9.68. The van der Waals surface area contributed by atoms with Gasteiger partial charge in [-0.1, -0.05) is 19.4 Å². The minimum Gasteiger partial charge on any atom is -0.494 e. The van der Waals surface area contributed by atoms with Gasteiger partial charge in [-0.05, 0) is 67.5 Å². The number of thiocarbonyl (C=S) groups is 1. The number of carboxylic acids is 1. The molecule has 0 aliphatic rings. The molecule has 1 amide bonds. The van der Waals surface area contributed by atoms with Crippen LogP contribution in [0.25, 0.3) is 0 Å². The van der Waals surface area contributed by atoms with Crippen molar-refractivity contribution in [2.45, 2.75) is 26.7 Å².